The maximum absolute atomic E-state index is 14.0. The number of aryl methyl sites for hydroxylation is 1. The molecule has 1 aliphatic rings. The predicted octanol–water partition coefficient (Wildman–Crippen LogP) is 5.77. The molecule has 4 amide bonds. The van der Waals surface area contributed by atoms with Crippen LogP contribution in [0.25, 0.3) is 21.7 Å². The Kier molecular flexibility index (Phi) is 17.8. The van der Waals surface area contributed by atoms with E-state index < -0.39 is 81.8 Å². The van der Waals surface area contributed by atoms with Crippen LogP contribution in [0.4, 0.5) is 21.7 Å². The molecule has 76 heavy (non-hydrogen) atoms. The van der Waals surface area contributed by atoms with Gasteiger partial charge in [0.1, 0.15) is 65.9 Å². The van der Waals surface area contributed by atoms with Crippen molar-refractivity contribution >= 4 is 68.3 Å². The fraction of sp³-hybridized carbons (Fsp3) is 0.346. The van der Waals surface area contributed by atoms with Gasteiger partial charge in [0.15, 0.2) is 0 Å². The third-order valence-electron chi connectivity index (χ3n) is 12.2. The number of aromatic amines is 1. The molecule has 7 rings (SSSR count). The zero-order valence-electron chi connectivity index (χ0n) is 42.5. The van der Waals surface area contributed by atoms with Crippen LogP contribution in [0.2, 0.25) is 0 Å². The molecule has 402 valence electrons. The number of hydrogen-bond donors (Lipinski definition) is 7. The van der Waals surface area contributed by atoms with Crippen LogP contribution in [0.5, 0.6) is 5.75 Å². The smallest absolute Gasteiger partial charge is 0.339 e. The number of nitrogens with zero attached hydrogens (tertiary/aromatic N) is 4. The molecule has 24 heteroatoms. The Hall–Kier alpha value is -7.80. The second-order valence-corrected chi connectivity index (χ2v) is 21.8. The summed E-state index contributed by atoms with van der Waals surface area (Å²) in [5.74, 6) is -3.55. The summed E-state index contributed by atoms with van der Waals surface area (Å²) in [7, 11) is -3.74. The van der Waals surface area contributed by atoms with E-state index in [1.807, 2.05) is 31.2 Å². The van der Waals surface area contributed by atoms with Gasteiger partial charge < -0.3 is 45.9 Å². The number of primary amides is 1. The minimum atomic E-state index is -3.74. The Morgan fingerprint density at radius 2 is 1.71 bits per heavy atom. The maximum Gasteiger partial charge on any atom is 0.339 e. The number of anilines is 3. The van der Waals surface area contributed by atoms with Crippen molar-refractivity contribution in [2.24, 2.45) is 11.1 Å². The number of carbonyl (C=O) groups excluding carboxylic acids is 5. The van der Waals surface area contributed by atoms with Gasteiger partial charge in [-0.05, 0) is 79.3 Å². The monoisotopic (exact) mass is 1080 g/mol. The highest BCUT2D eigenvalue weighted by Crippen LogP contribution is 2.37. The molecule has 4 heterocycles. The van der Waals surface area contributed by atoms with Gasteiger partial charge in [-0.2, -0.15) is 5.10 Å². The number of rotatable bonds is 22. The molecule has 0 radical (unpaired) electrons. The number of sulfonamides is 1. The Morgan fingerprint density at radius 3 is 2.36 bits per heavy atom. The number of benzene rings is 3. The summed E-state index contributed by atoms with van der Waals surface area (Å²) >= 11 is 1.54. The van der Waals surface area contributed by atoms with E-state index >= 15 is 0 Å². The van der Waals surface area contributed by atoms with E-state index in [4.69, 9.17) is 19.9 Å². The highest BCUT2D eigenvalue weighted by atomic mass is 32.2. The molecule has 1 aliphatic heterocycles. The minimum Gasteiger partial charge on any atom is -0.484 e. The summed E-state index contributed by atoms with van der Waals surface area (Å²) in [6.45, 7) is 9.62. The molecular weight excluding hydrogens is 1020 g/mol. The second-order valence-electron chi connectivity index (χ2n) is 18.9. The van der Waals surface area contributed by atoms with Crippen molar-refractivity contribution in [3.8, 4) is 27.4 Å². The van der Waals surface area contributed by atoms with Gasteiger partial charge in [0.2, 0.25) is 27.7 Å². The summed E-state index contributed by atoms with van der Waals surface area (Å²) in [4.78, 5) is 77.3. The third-order valence-corrected chi connectivity index (χ3v) is 14.5. The summed E-state index contributed by atoms with van der Waals surface area (Å²) in [6, 6.07) is 18.6. The van der Waals surface area contributed by atoms with E-state index in [1.165, 1.54) is 72.6 Å². The summed E-state index contributed by atoms with van der Waals surface area (Å²) in [5, 5.41) is 26.1. The average Bonchev–Trinajstić information content (AvgIpc) is 4.13. The SMILES string of the molecule is CCS(=O)(=O)Nc1ccc(-c2n[nH]c(Nc3ccc(C(=O)OCCOCC(=O)NC(C(=O)N4C[C@H](O)C[C@H]4C(=O)NCc4ccc(-c5scnc5C)cc4)C(C)(C)C)cn3)c2C(N)=O)cc1OC(C)c1ccc(F)cc1. The van der Waals surface area contributed by atoms with Gasteiger partial charge >= 0.3 is 5.97 Å². The number of aliphatic hydroxyl groups excluding tert-OH is 1. The van der Waals surface area contributed by atoms with Gasteiger partial charge in [0, 0.05) is 31.3 Å². The second kappa shape index (κ2) is 24.3. The number of nitrogens with two attached hydrogens (primary N) is 1. The molecule has 1 fully saturated rings. The third kappa shape index (κ3) is 14.1. The number of β-amino-alcohol motifs (C(OH)–C–C–N with tert-alkyl or cyclic N) is 1. The predicted molar refractivity (Wildman–Crippen MR) is 281 cm³/mol. The van der Waals surface area contributed by atoms with E-state index in [0.717, 1.165) is 21.7 Å². The van der Waals surface area contributed by atoms with Crippen molar-refractivity contribution in [1.29, 1.82) is 0 Å². The van der Waals surface area contributed by atoms with Crippen LogP contribution in [0.3, 0.4) is 0 Å². The fourth-order valence-electron chi connectivity index (χ4n) is 8.11. The van der Waals surface area contributed by atoms with Gasteiger partial charge in [-0.1, -0.05) is 63.2 Å². The number of nitrogens with one attached hydrogen (secondary N) is 5. The van der Waals surface area contributed by atoms with Crippen LogP contribution in [-0.4, -0.2) is 118 Å². The van der Waals surface area contributed by atoms with Gasteiger partial charge in [0.25, 0.3) is 5.91 Å². The lowest BCUT2D eigenvalue weighted by Gasteiger charge is -2.35. The van der Waals surface area contributed by atoms with Crippen LogP contribution in [0, 0.1) is 18.2 Å². The number of thiazole rings is 1. The number of carbonyl (C=O) groups is 5. The molecule has 3 aromatic heterocycles. The van der Waals surface area contributed by atoms with E-state index in [1.54, 1.807) is 44.5 Å². The molecule has 3 aromatic carbocycles. The van der Waals surface area contributed by atoms with Crippen molar-refractivity contribution in [1.82, 2.24) is 35.7 Å². The molecule has 0 saturated carbocycles. The first kappa shape index (κ1) is 55.9. The summed E-state index contributed by atoms with van der Waals surface area (Å²) in [6.07, 6.45) is -0.341. The van der Waals surface area contributed by atoms with E-state index in [0.29, 0.717) is 11.1 Å². The number of pyridine rings is 1. The quantitative estimate of drug-likeness (QED) is 0.0314. The molecule has 1 saturated heterocycles. The number of H-pyrrole nitrogens is 1. The number of likely N-dealkylation sites (tertiary alicyclic amines) is 1. The molecule has 0 bridgehead atoms. The Morgan fingerprint density at radius 1 is 0.987 bits per heavy atom. The van der Waals surface area contributed by atoms with Crippen LogP contribution in [0.1, 0.15) is 84.7 Å². The van der Waals surface area contributed by atoms with Crippen LogP contribution < -0.4 is 31.1 Å². The molecule has 2 unspecified atom stereocenters. The van der Waals surface area contributed by atoms with Gasteiger partial charge in [-0.25, -0.2) is 27.6 Å². The molecule has 0 spiro atoms. The molecular formula is C52H59FN10O11S2. The van der Waals surface area contributed by atoms with Gasteiger partial charge in [-0.3, -0.25) is 29.0 Å². The Labute approximate surface area is 442 Å². The largest absolute Gasteiger partial charge is 0.484 e. The number of amides is 4. The fourth-order valence-corrected chi connectivity index (χ4v) is 9.57. The zero-order valence-corrected chi connectivity index (χ0v) is 44.1. The highest BCUT2D eigenvalue weighted by molar-refractivity contribution is 7.92. The first-order valence-corrected chi connectivity index (χ1v) is 26.6. The summed E-state index contributed by atoms with van der Waals surface area (Å²) in [5.41, 5.74) is 10.7. The number of esters is 1. The van der Waals surface area contributed by atoms with Crippen molar-refractivity contribution in [2.75, 3.05) is 42.2 Å². The van der Waals surface area contributed by atoms with Crippen LogP contribution in [0.15, 0.2) is 90.6 Å². The van der Waals surface area contributed by atoms with Crippen molar-refractivity contribution in [3.05, 3.63) is 124 Å². The molecule has 21 nitrogen and oxygen atoms in total. The number of ether oxygens (including phenoxy) is 3. The maximum atomic E-state index is 14.0. The lowest BCUT2D eigenvalue weighted by Crippen LogP contribution is -2.58. The van der Waals surface area contributed by atoms with E-state index in [9.17, 15) is 41.9 Å². The standard InChI is InChI=1S/C52H59FN10O11S2/c1-7-76(70,71)62-38-18-14-34(22-40(38)74-30(3)32-12-16-36(53)17-13-32)44-43(47(54)66)48(61-60-44)58-41-19-15-35(25-55-41)51(69)73-21-20-72-27-42(65)59-46(52(4,5)6)50(68)63-26-37(64)23-39(63)49(67)56-24-31-8-10-33(11-9-31)45-29(2)57-28-75-45/h8-19,22,25,28,30,37,39,46,62,64H,7,20-21,23-24,26-27H2,1-6H3,(H2,54,66)(H,56,67)(H,59,65)(H2,55,58,60,61)/t30?,37-,39+,46?/m1/s1. The molecule has 4 atom stereocenters. The number of halogens is 1. The minimum absolute atomic E-state index is 0.0319. The van der Waals surface area contributed by atoms with Crippen molar-refractivity contribution in [2.45, 2.75) is 78.8 Å². The normalized spacial score (nSPS) is 15.3. The first-order valence-electron chi connectivity index (χ1n) is 24.1. The van der Waals surface area contributed by atoms with Gasteiger partial charge in [0.05, 0.1) is 45.8 Å². The molecule has 0 aliphatic carbocycles. The van der Waals surface area contributed by atoms with E-state index in [-0.39, 0.29) is 78.4 Å². The van der Waals surface area contributed by atoms with Crippen molar-refractivity contribution < 1.29 is 56.1 Å². The topological polar surface area (TPSA) is 299 Å². The van der Waals surface area contributed by atoms with Gasteiger partial charge in [-0.15, -0.1) is 11.3 Å². The Balaban J connectivity index is 0.898. The average molecular weight is 1080 g/mol. The van der Waals surface area contributed by atoms with Crippen LogP contribution >= 0.6 is 11.3 Å². The lowest BCUT2D eigenvalue weighted by molar-refractivity contribution is -0.144. The molecule has 6 aromatic rings. The number of aliphatic hydroxyl groups is 1. The molecule has 8 N–H and O–H groups in total. The first-order chi connectivity index (χ1) is 36.1. The summed E-state index contributed by atoms with van der Waals surface area (Å²) < 4.78 is 58.2. The van der Waals surface area contributed by atoms with Crippen molar-refractivity contribution in [3.63, 3.8) is 0 Å². The Bertz CT molecular complexity index is 3160. The van der Waals surface area contributed by atoms with Crippen LogP contribution in [-0.2, 0) is 40.4 Å². The van der Waals surface area contributed by atoms with E-state index in [2.05, 4.69) is 40.8 Å². The lowest BCUT2D eigenvalue weighted by atomic mass is 9.85. The zero-order chi connectivity index (χ0) is 54.9. The number of hydrogen-bond acceptors (Lipinski definition) is 16. The highest BCUT2D eigenvalue weighted by Gasteiger charge is 2.44. The number of aromatic nitrogens is 4.